The minimum absolute atomic E-state index is 0.0360. The quantitative estimate of drug-likeness (QED) is 0.547. The molecule has 33 heavy (non-hydrogen) atoms. The normalized spacial score (nSPS) is 14.8. The molecule has 1 fully saturated rings. The average molecular weight is 466 g/mol. The first kappa shape index (κ1) is 24.7. The van der Waals surface area contributed by atoms with Gasteiger partial charge >= 0.3 is 6.18 Å². The predicted molar refractivity (Wildman–Crippen MR) is 122 cm³/mol. The first-order chi connectivity index (χ1) is 15.8. The molecule has 0 bridgehead atoms. The Morgan fingerprint density at radius 3 is 2.33 bits per heavy atom. The van der Waals surface area contributed by atoms with E-state index in [0.29, 0.717) is 43.3 Å². The number of anilines is 2. The number of ether oxygens (including phenoxy) is 2. The number of carbonyl (C=O) groups is 1. The molecule has 1 aliphatic rings. The fraction of sp³-hybridized carbons (Fsp3) is 0.458. The molecule has 1 amide bonds. The number of amides is 1. The highest BCUT2D eigenvalue weighted by Crippen LogP contribution is 2.37. The van der Waals surface area contributed by atoms with Crippen LogP contribution in [0.2, 0.25) is 0 Å². The van der Waals surface area contributed by atoms with E-state index in [1.807, 2.05) is 31.0 Å². The first-order valence-electron chi connectivity index (χ1n) is 11.1. The molecule has 0 unspecified atom stereocenters. The number of likely N-dealkylation sites (N-methyl/N-ethyl adjacent to an activating group) is 1. The fourth-order valence-corrected chi connectivity index (χ4v) is 3.61. The van der Waals surface area contributed by atoms with Crippen LogP contribution >= 0.6 is 0 Å². The van der Waals surface area contributed by atoms with Gasteiger partial charge in [-0.25, -0.2) is 0 Å². The van der Waals surface area contributed by atoms with Crippen LogP contribution in [0, 0.1) is 0 Å². The third-order valence-electron chi connectivity index (χ3n) is 5.41. The summed E-state index contributed by atoms with van der Waals surface area (Å²) in [5, 5.41) is 2.42. The number of halogens is 3. The maximum Gasteiger partial charge on any atom is 0.418 e. The average Bonchev–Trinajstić information content (AvgIpc) is 2.78. The van der Waals surface area contributed by atoms with E-state index in [1.54, 1.807) is 18.2 Å². The topological polar surface area (TPSA) is 54.0 Å². The molecule has 2 aromatic carbocycles. The third-order valence-corrected chi connectivity index (χ3v) is 5.41. The van der Waals surface area contributed by atoms with E-state index in [1.165, 1.54) is 6.07 Å². The molecule has 1 saturated heterocycles. The van der Waals surface area contributed by atoms with E-state index < -0.39 is 17.6 Å². The SMILES string of the molecule is CCOc1ccccc1OCCCC(=O)Nc1ccc(N2CCN(C)CC2)cc1C(F)(F)F. The Morgan fingerprint density at radius 2 is 1.70 bits per heavy atom. The monoisotopic (exact) mass is 465 g/mol. The van der Waals surface area contributed by atoms with Crippen LogP contribution in [0.5, 0.6) is 11.5 Å². The minimum Gasteiger partial charge on any atom is -0.490 e. The van der Waals surface area contributed by atoms with Crippen molar-refractivity contribution < 1.29 is 27.4 Å². The zero-order valence-electron chi connectivity index (χ0n) is 19.0. The second kappa shape index (κ2) is 11.3. The molecule has 6 nitrogen and oxygen atoms in total. The number of benzene rings is 2. The van der Waals surface area contributed by atoms with Crippen molar-refractivity contribution in [2.45, 2.75) is 25.9 Å². The van der Waals surface area contributed by atoms with Crippen LogP contribution in [-0.4, -0.2) is 57.2 Å². The Kier molecular flexibility index (Phi) is 8.43. The maximum atomic E-state index is 13.7. The lowest BCUT2D eigenvalue weighted by molar-refractivity contribution is -0.136. The van der Waals surface area contributed by atoms with E-state index in [9.17, 15) is 18.0 Å². The first-order valence-corrected chi connectivity index (χ1v) is 11.1. The number of hydrogen-bond acceptors (Lipinski definition) is 5. The summed E-state index contributed by atoms with van der Waals surface area (Å²) in [4.78, 5) is 16.4. The van der Waals surface area contributed by atoms with Crippen molar-refractivity contribution in [2.24, 2.45) is 0 Å². The molecule has 1 heterocycles. The van der Waals surface area contributed by atoms with Gasteiger partial charge in [-0.15, -0.1) is 0 Å². The Balaban J connectivity index is 1.57. The van der Waals surface area contributed by atoms with Crippen LogP contribution < -0.4 is 19.7 Å². The van der Waals surface area contributed by atoms with Gasteiger partial charge in [-0.2, -0.15) is 13.2 Å². The lowest BCUT2D eigenvalue weighted by atomic mass is 10.1. The molecule has 1 N–H and O–H groups in total. The summed E-state index contributed by atoms with van der Waals surface area (Å²) in [6, 6.07) is 11.3. The number of rotatable bonds is 9. The van der Waals surface area contributed by atoms with Crippen LogP contribution in [0.3, 0.4) is 0 Å². The number of hydrogen-bond donors (Lipinski definition) is 1. The van der Waals surface area contributed by atoms with E-state index in [4.69, 9.17) is 9.47 Å². The van der Waals surface area contributed by atoms with Crippen LogP contribution in [-0.2, 0) is 11.0 Å². The molecule has 1 aliphatic heterocycles. The van der Waals surface area contributed by atoms with E-state index in [0.717, 1.165) is 19.2 Å². The van der Waals surface area contributed by atoms with Crippen molar-refractivity contribution in [3.05, 3.63) is 48.0 Å². The molecular weight excluding hydrogens is 435 g/mol. The van der Waals surface area contributed by atoms with Crippen molar-refractivity contribution in [1.82, 2.24) is 4.90 Å². The Hall–Kier alpha value is -2.94. The van der Waals surface area contributed by atoms with Gasteiger partial charge in [0.1, 0.15) is 0 Å². The smallest absolute Gasteiger partial charge is 0.418 e. The highest BCUT2D eigenvalue weighted by Gasteiger charge is 2.35. The lowest BCUT2D eigenvalue weighted by Crippen LogP contribution is -2.44. The van der Waals surface area contributed by atoms with Crippen LogP contribution in [0.1, 0.15) is 25.3 Å². The van der Waals surface area contributed by atoms with E-state index in [2.05, 4.69) is 10.2 Å². The second-order valence-corrected chi connectivity index (χ2v) is 7.90. The van der Waals surface area contributed by atoms with Crippen molar-refractivity contribution in [3.8, 4) is 11.5 Å². The summed E-state index contributed by atoms with van der Waals surface area (Å²) in [5.74, 6) is 0.688. The molecule has 180 valence electrons. The zero-order chi connectivity index (χ0) is 23.8. The van der Waals surface area contributed by atoms with Crippen LogP contribution in [0.4, 0.5) is 24.5 Å². The number of nitrogens with zero attached hydrogens (tertiary/aromatic N) is 2. The van der Waals surface area contributed by atoms with Gasteiger partial charge in [-0.3, -0.25) is 4.79 Å². The Morgan fingerprint density at radius 1 is 1.03 bits per heavy atom. The standard InChI is InChI=1S/C24H30F3N3O3/c1-3-32-21-7-4-5-8-22(21)33-16-6-9-23(31)28-20-11-10-18(17-19(20)24(25,26)27)30-14-12-29(2)13-15-30/h4-5,7-8,10-11,17H,3,6,9,12-16H2,1-2H3,(H,28,31). The second-order valence-electron chi connectivity index (χ2n) is 7.90. The lowest BCUT2D eigenvalue weighted by Gasteiger charge is -2.34. The molecule has 0 radical (unpaired) electrons. The molecule has 2 aromatic rings. The number of alkyl halides is 3. The summed E-state index contributed by atoms with van der Waals surface area (Å²) in [5.41, 5.74) is -0.558. The molecule has 0 aliphatic carbocycles. The van der Waals surface area contributed by atoms with Gasteiger partial charge in [0.15, 0.2) is 11.5 Å². The third kappa shape index (κ3) is 7.02. The van der Waals surface area contributed by atoms with Crippen molar-refractivity contribution in [2.75, 3.05) is 56.7 Å². The molecule has 0 atom stereocenters. The highest BCUT2D eigenvalue weighted by molar-refractivity contribution is 5.92. The number of para-hydroxylation sites is 2. The minimum atomic E-state index is -4.57. The summed E-state index contributed by atoms with van der Waals surface area (Å²) >= 11 is 0. The summed E-state index contributed by atoms with van der Waals surface area (Å²) in [7, 11) is 1.99. The summed E-state index contributed by atoms with van der Waals surface area (Å²) in [6.45, 7) is 5.50. The molecule has 0 saturated carbocycles. The van der Waals surface area contributed by atoms with Crippen molar-refractivity contribution >= 4 is 17.3 Å². The number of nitrogens with one attached hydrogen (secondary N) is 1. The summed E-state index contributed by atoms with van der Waals surface area (Å²) < 4.78 is 52.2. The zero-order valence-corrected chi connectivity index (χ0v) is 19.0. The van der Waals surface area contributed by atoms with Gasteiger partial charge in [-0.1, -0.05) is 12.1 Å². The van der Waals surface area contributed by atoms with Crippen LogP contribution in [0.15, 0.2) is 42.5 Å². The van der Waals surface area contributed by atoms with Gasteiger partial charge in [-0.05, 0) is 50.7 Å². The largest absolute Gasteiger partial charge is 0.490 e. The molecule has 0 spiro atoms. The molecule has 9 heteroatoms. The van der Waals surface area contributed by atoms with E-state index in [-0.39, 0.29) is 18.7 Å². The van der Waals surface area contributed by atoms with Gasteiger partial charge in [0.25, 0.3) is 0 Å². The Labute approximate surface area is 192 Å². The number of carbonyl (C=O) groups excluding carboxylic acids is 1. The Bertz CT molecular complexity index is 929. The summed E-state index contributed by atoms with van der Waals surface area (Å²) in [6.07, 6.45) is -4.18. The van der Waals surface area contributed by atoms with Gasteiger partial charge in [0.2, 0.25) is 5.91 Å². The van der Waals surface area contributed by atoms with Crippen LogP contribution in [0.25, 0.3) is 0 Å². The maximum absolute atomic E-state index is 13.7. The molecule has 0 aromatic heterocycles. The predicted octanol–water partition coefficient (Wildman–Crippen LogP) is 4.65. The number of piperazine rings is 1. The fourth-order valence-electron chi connectivity index (χ4n) is 3.61. The molecular formula is C24H30F3N3O3. The van der Waals surface area contributed by atoms with Crippen molar-refractivity contribution in [1.29, 1.82) is 0 Å². The molecule has 3 rings (SSSR count). The van der Waals surface area contributed by atoms with Crippen molar-refractivity contribution in [3.63, 3.8) is 0 Å². The van der Waals surface area contributed by atoms with Gasteiger partial charge < -0.3 is 24.6 Å². The van der Waals surface area contributed by atoms with E-state index >= 15 is 0 Å². The van der Waals surface area contributed by atoms with Gasteiger partial charge in [0.05, 0.1) is 24.5 Å². The highest BCUT2D eigenvalue weighted by atomic mass is 19.4. The van der Waals surface area contributed by atoms with Gasteiger partial charge in [0, 0.05) is 38.3 Å².